The summed E-state index contributed by atoms with van der Waals surface area (Å²) in [5, 5.41) is 14.6. The van der Waals surface area contributed by atoms with Crippen molar-refractivity contribution in [2.75, 3.05) is 0 Å². The number of carbonyl (C=O) groups excluding carboxylic acids is 1. The minimum Gasteiger partial charge on any atom is -0.267 e. The van der Waals surface area contributed by atoms with E-state index >= 15 is 0 Å². The molecule has 0 aliphatic heterocycles. The van der Waals surface area contributed by atoms with Crippen LogP contribution in [0.25, 0.3) is 0 Å². The number of non-ortho nitro benzene ring substituents is 1. The molecule has 1 amide bonds. The highest BCUT2D eigenvalue weighted by Gasteiger charge is 2.24. The lowest BCUT2D eigenvalue weighted by Crippen LogP contribution is -2.19. The quantitative estimate of drug-likeness (QED) is 0.502. The van der Waals surface area contributed by atoms with Crippen LogP contribution >= 0.6 is 0 Å². The molecule has 94 valence electrons. The summed E-state index contributed by atoms with van der Waals surface area (Å²) in [6.45, 7) is 1.87. The van der Waals surface area contributed by atoms with Crippen molar-refractivity contribution in [1.82, 2.24) is 5.43 Å². The number of nitrogens with one attached hydrogen (secondary N) is 1. The van der Waals surface area contributed by atoms with Crippen molar-refractivity contribution in [3.63, 3.8) is 0 Å². The number of hydrazone groups is 1. The Kier molecular flexibility index (Phi) is 3.36. The van der Waals surface area contributed by atoms with Gasteiger partial charge in [0.2, 0.25) is 0 Å². The summed E-state index contributed by atoms with van der Waals surface area (Å²) in [5.74, 6) is 0.0501. The number of rotatable bonds is 4. The normalized spacial score (nSPS) is 15.3. The fourth-order valence-corrected chi connectivity index (χ4v) is 1.56. The van der Waals surface area contributed by atoms with Gasteiger partial charge in [-0.2, -0.15) is 5.10 Å². The van der Waals surface area contributed by atoms with E-state index in [-0.39, 0.29) is 11.3 Å². The van der Waals surface area contributed by atoms with Crippen molar-refractivity contribution in [2.24, 2.45) is 11.0 Å². The van der Waals surface area contributed by atoms with Gasteiger partial charge in [0.15, 0.2) is 0 Å². The van der Waals surface area contributed by atoms with Gasteiger partial charge < -0.3 is 0 Å². The van der Waals surface area contributed by atoms with Crippen molar-refractivity contribution >= 4 is 17.3 Å². The molecule has 1 aromatic carbocycles. The van der Waals surface area contributed by atoms with Gasteiger partial charge in [-0.25, -0.2) is 5.43 Å². The van der Waals surface area contributed by atoms with Crippen LogP contribution in [0.5, 0.6) is 0 Å². The number of nitro groups is 1. The second kappa shape index (κ2) is 4.95. The molecule has 6 nitrogen and oxygen atoms in total. The third-order valence-corrected chi connectivity index (χ3v) is 2.82. The molecule has 0 spiro atoms. The van der Waals surface area contributed by atoms with Crippen LogP contribution in [0.1, 0.15) is 30.1 Å². The molecule has 1 aliphatic rings. The Morgan fingerprint density at radius 3 is 2.83 bits per heavy atom. The number of benzene rings is 1. The molecule has 1 saturated carbocycles. The van der Waals surface area contributed by atoms with Crippen molar-refractivity contribution in [3.8, 4) is 0 Å². The molecule has 0 radical (unpaired) electrons. The molecular weight excluding hydrogens is 234 g/mol. The standard InChI is InChI=1S/C12H13N3O3/c1-8(9-5-6-9)13-14-12(16)10-3-2-4-11(7-10)15(17)18/h2-4,7,9H,5-6H2,1H3,(H,14,16). The van der Waals surface area contributed by atoms with Crippen molar-refractivity contribution in [2.45, 2.75) is 19.8 Å². The maximum absolute atomic E-state index is 11.7. The van der Waals surface area contributed by atoms with Crippen LogP contribution < -0.4 is 5.43 Å². The van der Waals surface area contributed by atoms with E-state index in [2.05, 4.69) is 10.5 Å². The first-order chi connectivity index (χ1) is 8.58. The van der Waals surface area contributed by atoms with Gasteiger partial charge in [0.1, 0.15) is 0 Å². The molecule has 0 atom stereocenters. The third-order valence-electron chi connectivity index (χ3n) is 2.82. The predicted octanol–water partition coefficient (Wildman–Crippen LogP) is 2.11. The second-order valence-corrected chi connectivity index (χ2v) is 4.28. The van der Waals surface area contributed by atoms with E-state index in [0.29, 0.717) is 5.92 Å². The Bertz CT molecular complexity index is 521. The Morgan fingerprint density at radius 2 is 2.22 bits per heavy atom. The van der Waals surface area contributed by atoms with Gasteiger partial charge in [-0.1, -0.05) is 6.07 Å². The fourth-order valence-electron chi connectivity index (χ4n) is 1.56. The van der Waals surface area contributed by atoms with Crippen molar-refractivity contribution in [1.29, 1.82) is 0 Å². The average molecular weight is 247 g/mol. The van der Waals surface area contributed by atoms with E-state index in [0.717, 1.165) is 18.6 Å². The summed E-state index contributed by atoms with van der Waals surface area (Å²) in [7, 11) is 0. The monoisotopic (exact) mass is 247 g/mol. The van der Waals surface area contributed by atoms with Crippen molar-refractivity contribution in [3.05, 3.63) is 39.9 Å². The summed E-state index contributed by atoms with van der Waals surface area (Å²) in [4.78, 5) is 21.8. The highest BCUT2D eigenvalue weighted by Crippen LogP contribution is 2.30. The van der Waals surface area contributed by atoms with Gasteiger partial charge in [-0.3, -0.25) is 14.9 Å². The maximum atomic E-state index is 11.7. The molecule has 0 heterocycles. The Morgan fingerprint density at radius 1 is 1.50 bits per heavy atom. The molecule has 0 bridgehead atoms. The molecule has 0 aromatic heterocycles. The number of hydrogen-bond donors (Lipinski definition) is 1. The molecule has 1 N–H and O–H groups in total. The molecule has 2 rings (SSSR count). The zero-order valence-electron chi connectivity index (χ0n) is 9.92. The lowest BCUT2D eigenvalue weighted by atomic mass is 10.2. The molecule has 1 fully saturated rings. The molecule has 18 heavy (non-hydrogen) atoms. The first-order valence-corrected chi connectivity index (χ1v) is 5.67. The zero-order valence-corrected chi connectivity index (χ0v) is 9.92. The summed E-state index contributed by atoms with van der Waals surface area (Å²) >= 11 is 0. The molecular formula is C12H13N3O3. The largest absolute Gasteiger partial charge is 0.271 e. The van der Waals surface area contributed by atoms with Gasteiger partial charge in [0.25, 0.3) is 11.6 Å². The van der Waals surface area contributed by atoms with E-state index in [1.807, 2.05) is 6.92 Å². The number of nitrogens with zero attached hydrogens (tertiary/aromatic N) is 2. The molecule has 1 aliphatic carbocycles. The van der Waals surface area contributed by atoms with Gasteiger partial charge >= 0.3 is 0 Å². The van der Waals surface area contributed by atoms with Gasteiger partial charge in [0.05, 0.1) is 4.92 Å². The highest BCUT2D eigenvalue weighted by atomic mass is 16.6. The SMILES string of the molecule is CC(=NNC(=O)c1cccc([N+](=O)[O-])c1)C1CC1. The van der Waals surface area contributed by atoms with Crippen LogP contribution in [0.15, 0.2) is 29.4 Å². The van der Waals surface area contributed by atoms with Crippen molar-refractivity contribution < 1.29 is 9.72 Å². The summed E-state index contributed by atoms with van der Waals surface area (Å²) in [6.07, 6.45) is 2.23. The molecule has 6 heteroatoms. The van der Waals surface area contributed by atoms with E-state index in [1.54, 1.807) is 0 Å². The Balaban J connectivity index is 2.06. The van der Waals surface area contributed by atoms with Gasteiger partial charge in [-0.15, -0.1) is 0 Å². The number of carbonyl (C=O) groups is 1. The second-order valence-electron chi connectivity index (χ2n) is 4.28. The van der Waals surface area contributed by atoms with Crippen LogP contribution in [0.4, 0.5) is 5.69 Å². The van der Waals surface area contributed by atoms with E-state index in [9.17, 15) is 14.9 Å². The minimum atomic E-state index is -0.532. The molecule has 0 unspecified atom stereocenters. The first-order valence-electron chi connectivity index (χ1n) is 5.67. The average Bonchev–Trinajstić information content (AvgIpc) is 3.20. The summed E-state index contributed by atoms with van der Waals surface area (Å²) < 4.78 is 0. The van der Waals surface area contributed by atoms with E-state index in [4.69, 9.17) is 0 Å². The van der Waals surface area contributed by atoms with E-state index in [1.165, 1.54) is 24.3 Å². The fraction of sp³-hybridized carbons (Fsp3) is 0.333. The third kappa shape index (κ3) is 2.91. The van der Waals surface area contributed by atoms with Crippen LogP contribution in [0.2, 0.25) is 0 Å². The topological polar surface area (TPSA) is 84.6 Å². The molecule has 0 saturated heterocycles. The smallest absolute Gasteiger partial charge is 0.267 e. The molecule has 1 aromatic rings. The van der Waals surface area contributed by atoms with Crippen LogP contribution in [-0.2, 0) is 0 Å². The highest BCUT2D eigenvalue weighted by molar-refractivity contribution is 5.96. The minimum absolute atomic E-state index is 0.106. The first kappa shape index (κ1) is 12.2. The van der Waals surface area contributed by atoms with Crippen LogP contribution in [-0.4, -0.2) is 16.5 Å². The summed E-state index contributed by atoms with van der Waals surface area (Å²) in [6, 6.07) is 5.57. The van der Waals surface area contributed by atoms with Gasteiger partial charge in [-0.05, 0) is 31.7 Å². The maximum Gasteiger partial charge on any atom is 0.271 e. The van der Waals surface area contributed by atoms with Crippen LogP contribution in [0.3, 0.4) is 0 Å². The number of nitro benzene ring substituents is 1. The Hall–Kier alpha value is -2.24. The predicted molar refractivity (Wildman–Crippen MR) is 66.4 cm³/mol. The van der Waals surface area contributed by atoms with E-state index < -0.39 is 10.8 Å². The van der Waals surface area contributed by atoms with Gasteiger partial charge in [0, 0.05) is 23.4 Å². The number of amides is 1. The summed E-state index contributed by atoms with van der Waals surface area (Å²) in [5.41, 5.74) is 3.44. The lowest BCUT2D eigenvalue weighted by molar-refractivity contribution is -0.384. The lowest BCUT2D eigenvalue weighted by Gasteiger charge is -2.01. The zero-order chi connectivity index (χ0) is 13.1. The Labute approximate surface area is 104 Å². The number of hydrogen-bond acceptors (Lipinski definition) is 4. The van der Waals surface area contributed by atoms with Crippen LogP contribution in [0, 0.1) is 16.0 Å².